The molecular weight excluding hydrogens is 204 g/mol. The minimum absolute atomic E-state index is 0.223. The van der Waals surface area contributed by atoms with E-state index in [1.807, 2.05) is 18.2 Å². The first-order chi connectivity index (χ1) is 7.75. The molecule has 1 fully saturated rings. The van der Waals surface area contributed by atoms with Crippen LogP contribution < -0.4 is 10.5 Å². The molecule has 0 aliphatic carbocycles. The number of rotatable bonds is 1. The van der Waals surface area contributed by atoms with Crippen molar-refractivity contribution in [1.82, 2.24) is 4.90 Å². The lowest BCUT2D eigenvalue weighted by molar-refractivity contribution is 0.139. The molecule has 1 aliphatic heterocycles. The summed E-state index contributed by atoms with van der Waals surface area (Å²) in [4.78, 5) is 13.4. The number of benzene rings is 1. The summed E-state index contributed by atoms with van der Waals surface area (Å²) in [5.41, 5.74) is 5.77. The first-order valence-corrected chi connectivity index (χ1v) is 5.53. The lowest BCUT2D eigenvalue weighted by Gasteiger charge is -2.29. The summed E-state index contributed by atoms with van der Waals surface area (Å²) in [7, 11) is 0. The first-order valence-electron chi connectivity index (χ1n) is 5.53. The Hall–Kier alpha value is -1.55. The van der Waals surface area contributed by atoms with Gasteiger partial charge in [-0.2, -0.15) is 0 Å². The van der Waals surface area contributed by atoms with E-state index >= 15 is 0 Å². The second kappa shape index (κ2) is 4.99. The smallest absolute Gasteiger partial charge is 0.410 e. The van der Waals surface area contributed by atoms with Crippen LogP contribution >= 0.6 is 0 Å². The van der Waals surface area contributed by atoms with Crippen LogP contribution in [0, 0.1) is 0 Å². The van der Waals surface area contributed by atoms with Crippen molar-refractivity contribution >= 4 is 6.09 Å². The third-order valence-electron chi connectivity index (χ3n) is 2.75. The van der Waals surface area contributed by atoms with E-state index in [4.69, 9.17) is 10.5 Å². The van der Waals surface area contributed by atoms with Crippen LogP contribution in [-0.4, -0.2) is 30.1 Å². The number of nitrogens with zero attached hydrogens (tertiary/aromatic N) is 1. The summed E-state index contributed by atoms with van der Waals surface area (Å²) in [5, 5.41) is 0. The van der Waals surface area contributed by atoms with Gasteiger partial charge < -0.3 is 15.4 Å². The number of nitrogens with two attached hydrogens (primary N) is 1. The second-order valence-corrected chi connectivity index (χ2v) is 4.01. The molecule has 0 bridgehead atoms. The maximum absolute atomic E-state index is 11.7. The number of amides is 1. The highest BCUT2D eigenvalue weighted by Gasteiger charge is 2.21. The monoisotopic (exact) mass is 220 g/mol. The fraction of sp³-hybridized carbons (Fsp3) is 0.417. The van der Waals surface area contributed by atoms with Crippen LogP contribution in [0.15, 0.2) is 30.3 Å². The Bertz CT molecular complexity index is 345. The SMILES string of the molecule is NC1CCN(C(=O)Oc2ccccc2)CC1. The molecule has 2 N–H and O–H groups in total. The maximum Gasteiger partial charge on any atom is 0.415 e. The quantitative estimate of drug-likeness (QED) is 0.782. The van der Waals surface area contributed by atoms with Crippen molar-refractivity contribution in [2.24, 2.45) is 5.73 Å². The number of para-hydroxylation sites is 1. The minimum Gasteiger partial charge on any atom is -0.410 e. The predicted octanol–water partition coefficient (Wildman–Crippen LogP) is 1.61. The van der Waals surface area contributed by atoms with Crippen LogP contribution in [0.25, 0.3) is 0 Å². The third kappa shape index (κ3) is 2.73. The molecule has 1 aromatic rings. The number of piperidine rings is 1. The van der Waals surface area contributed by atoms with Crippen LogP contribution in [0.3, 0.4) is 0 Å². The summed E-state index contributed by atoms with van der Waals surface area (Å²) in [6, 6.07) is 9.34. The number of ether oxygens (including phenoxy) is 1. The Labute approximate surface area is 95.0 Å². The van der Waals surface area contributed by atoms with Gasteiger partial charge in [-0.25, -0.2) is 4.79 Å². The Balaban J connectivity index is 1.89. The van der Waals surface area contributed by atoms with Gasteiger partial charge in [0.1, 0.15) is 5.75 Å². The fourth-order valence-electron chi connectivity index (χ4n) is 1.74. The van der Waals surface area contributed by atoms with Crippen LogP contribution in [0.2, 0.25) is 0 Å². The first kappa shape index (κ1) is 11.0. The number of hydrogen-bond donors (Lipinski definition) is 1. The van der Waals surface area contributed by atoms with Crippen molar-refractivity contribution in [3.63, 3.8) is 0 Å². The average molecular weight is 220 g/mol. The molecule has 0 radical (unpaired) electrons. The van der Waals surface area contributed by atoms with Gasteiger partial charge in [0, 0.05) is 19.1 Å². The van der Waals surface area contributed by atoms with Crippen molar-refractivity contribution in [3.05, 3.63) is 30.3 Å². The van der Waals surface area contributed by atoms with Gasteiger partial charge in [-0.3, -0.25) is 0 Å². The highest BCUT2D eigenvalue weighted by atomic mass is 16.6. The van der Waals surface area contributed by atoms with Crippen molar-refractivity contribution in [3.8, 4) is 5.75 Å². The van der Waals surface area contributed by atoms with E-state index in [9.17, 15) is 4.79 Å². The summed E-state index contributed by atoms with van der Waals surface area (Å²) < 4.78 is 5.24. The molecular formula is C12H16N2O2. The van der Waals surface area contributed by atoms with Crippen LogP contribution in [-0.2, 0) is 0 Å². The Morgan fingerprint density at radius 3 is 2.50 bits per heavy atom. The number of likely N-dealkylation sites (tertiary alicyclic amines) is 1. The molecule has 1 saturated heterocycles. The molecule has 0 atom stereocenters. The lowest BCUT2D eigenvalue weighted by atomic mass is 10.1. The van der Waals surface area contributed by atoms with Gasteiger partial charge in [-0.15, -0.1) is 0 Å². The topological polar surface area (TPSA) is 55.6 Å². The van der Waals surface area contributed by atoms with Crippen LogP contribution in [0.4, 0.5) is 4.79 Å². The van der Waals surface area contributed by atoms with Gasteiger partial charge in [0.05, 0.1) is 0 Å². The molecule has 2 rings (SSSR count). The van der Waals surface area contributed by atoms with E-state index in [-0.39, 0.29) is 12.1 Å². The minimum atomic E-state index is -0.280. The molecule has 0 spiro atoms. The molecule has 1 aromatic carbocycles. The second-order valence-electron chi connectivity index (χ2n) is 4.01. The highest BCUT2D eigenvalue weighted by Crippen LogP contribution is 2.13. The summed E-state index contributed by atoms with van der Waals surface area (Å²) in [5.74, 6) is 0.586. The van der Waals surface area contributed by atoms with E-state index in [0.717, 1.165) is 12.8 Å². The van der Waals surface area contributed by atoms with Gasteiger partial charge >= 0.3 is 6.09 Å². The number of hydrogen-bond acceptors (Lipinski definition) is 3. The average Bonchev–Trinajstić information content (AvgIpc) is 2.31. The van der Waals surface area contributed by atoms with E-state index in [2.05, 4.69) is 0 Å². The van der Waals surface area contributed by atoms with Gasteiger partial charge in [0.25, 0.3) is 0 Å². The summed E-state index contributed by atoms with van der Waals surface area (Å²) in [6.45, 7) is 1.37. The highest BCUT2D eigenvalue weighted by molar-refractivity contribution is 5.70. The lowest BCUT2D eigenvalue weighted by Crippen LogP contribution is -2.44. The fourth-order valence-corrected chi connectivity index (χ4v) is 1.74. The Morgan fingerprint density at radius 1 is 1.25 bits per heavy atom. The van der Waals surface area contributed by atoms with Crippen molar-refractivity contribution < 1.29 is 9.53 Å². The van der Waals surface area contributed by atoms with E-state index in [1.165, 1.54) is 0 Å². The normalized spacial score (nSPS) is 17.2. The van der Waals surface area contributed by atoms with E-state index in [1.54, 1.807) is 17.0 Å². The van der Waals surface area contributed by atoms with Gasteiger partial charge in [0.2, 0.25) is 0 Å². The third-order valence-corrected chi connectivity index (χ3v) is 2.75. The number of carbonyl (C=O) groups excluding carboxylic acids is 1. The Morgan fingerprint density at radius 2 is 1.88 bits per heavy atom. The van der Waals surface area contributed by atoms with E-state index in [0.29, 0.717) is 18.8 Å². The number of carbonyl (C=O) groups is 1. The van der Waals surface area contributed by atoms with Crippen LogP contribution in [0.1, 0.15) is 12.8 Å². The zero-order valence-corrected chi connectivity index (χ0v) is 9.13. The summed E-state index contributed by atoms with van der Waals surface area (Å²) in [6.07, 6.45) is 1.42. The predicted molar refractivity (Wildman–Crippen MR) is 61.2 cm³/mol. The van der Waals surface area contributed by atoms with E-state index < -0.39 is 0 Å². The molecule has 86 valence electrons. The zero-order valence-electron chi connectivity index (χ0n) is 9.13. The molecule has 1 amide bonds. The van der Waals surface area contributed by atoms with Crippen LogP contribution in [0.5, 0.6) is 5.75 Å². The molecule has 16 heavy (non-hydrogen) atoms. The molecule has 0 aromatic heterocycles. The standard InChI is InChI=1S/C12H16N2O2/c13-10-6-8-14(9-7-10)12(15)16-11-4-2-1-3-5-11/h1-5,10H,6-9,13H2. The van der Waals surface area contributed by atoms with Crippen molar-refractivity contribution in [2.75, 3.05) is 13.1 Å². The summed E-state index contributed by atoms with van der Waals surface area (Å²) >= 11 is 0. The maximum atomic E-state index is 11.7. The van der Waals surface area contributed by atoms with Crippen molar-refractivity contribution in [2.45, 2.75) is 18.9 Å². The van der Waals surface area contributed by atoms with Gasteiger partial charge in [0.15, 0.2) is 0 Å². The molecule has 0 unspecified atom stereocenters. The zero-order chi connectivity index (χ0) is 11.4. The van der Waals surface area contributed by atoms with Gasteiger partial charge in [-0.1, -0.05) is 18.2 Å². The largest absolute Gasteiger partial charge is 0.415 e. The molecule has 4 heteroatoms. The van der Waals surface area contributed by atoms with Crippen molar-refractivity contribution in [1.29, 1.82) is 0 Å². The van der Waals surface area contributed by atoms with Gasteiger partial charge in [-0.05, 0) is 25.0 Å². The molecule has 1 aliphatic rings. The Kier molecular flexibility index (Phi) is 3.41. The molecule has 4 nitrogen and oxygen atoms in total. The molecule has 0 saturated carbocycles. The molecule has 1 heterocycles.